The summed E-state index contributed by atoms with van der Waals surface area (Å²) in [6, 6.07) is 4.29. The van der Waals surface area contributed by atoms with Crippen LogP contribution in [0.1, 0.15) is 32.8 Å². The van der Waals surface area contributed by atoms with Gasteiger partial charge in [-0.3, -0.25) is 10.1 Å². The highest BCUT2D eigenvalue weighted by Crippen LogP contribution is 2.24. The number of hydrogen-bond acceptors (Lipinski definition) is 5. The molecule has 0 unspecified atom stereocenters. The molecule has 1 aromatic carbocycles. The molecule has 142 valence electrons. The molecule has 1 N–H and O–H groups in total. The summed E-state index contributed by atoms with van der Waals surface area (Å²) in [6.45, 7) is 5.48. The van der Waals surface area contributed by atoms with Gasteiger partial charge in [-0.1, -0.05) is 22.0 Å². The summed E-state index contributed by atoms with van der Waals surface area (Å²) >= 11 is 3.33. The van der Waals surface area contributed by atoms with E-state index < -0.39 is 22.6 Å². The highest BCUT2D eigenvalue weighted by Gasteiger charge is 2.23. The van der Waals surface area contributed by atoms with E-state index in [2.05, 4.69) is 15.9 Å². The van der Waals surface area contributed by atoms with Crippen LogP contribution in [0.3, 0.4) is 0 Å². The van der Waals surface area contributed by atoms with Crippen LogP contribution in [0.15, 0.2) is 34.8 Å². The van der Waals surface area contributed by atoms with Gasteiger partial charge in [-0.05, 0) is 38.8 Å². The second-order valence-electron chi connectivity index (χ2n) is 6.46. The van der Waals surface area contributed by atoms with E-state index in [1.54, 1.807) is 26.8 Å². The molecule has 0 fully saturated rings. The number of carboxylic acids is 1. The summed E-state index contributed by atoms with van der Waals surface area (Å²) in [6.07, 6.45) is 2.15. The molecule has 0 spiro atoms. The van der Waals surface area contributed by atoms with Crippen LogP contribution < -0.4 is 0 Å². The molecule has 0 bridgehead atoms. The van der Waals surface area contributed by atoms with Crippen LogP contribution in [-0.4, -0.2) is 39.1 Å². The Bertz CT molecular complexity index is 712. The molecule has 0 saturated heterocycles. The lowest BCUT2D eigenvalue weighted by Gasteiger charge is -2.27. The number of benzene rings is 1. The van der Waals surface area contributed by atoms with Crippen LogP contribution in [0.2, 0.25) is 0 Å². The second kappa shape index (κ2) is 9.33. The standard InChI is InChI=1S/C17H21BrN2O6/c1-17(2,3)26-16(23)19(9-5-4-6-15(21)22)11-12-10-13(20(24)25)7-8-14(12)18/h4,6-8,10H,5,9,11H2,1-3H3,(H,21,22)/b6-4+. The normalized spacial score (nSPS) is 11.4. The SMILES string of the molecule is CC(C)(C)OC(=O)N(CC/C=C/C(=O)O)Cc1cc([N+](=O)[O-])ccc1Br. The summed E-state index contributed by atoms with van der Waals surface area (Å²) in [5.74, 6) is -1.07. The summed E-state index contributed by atoms with van der Waals surface area (Å²) in [4.78, 5) is 34.8. The topological polar surface area (TPSA) is 110 Å². The lowest BCUT2D eigenvalue weighted by molar-refractivity contribution is -0.384. The first-order valence-corrected chi connectivity index (χ1v) is 8.59. The van der Waals surface area contributed by atoms with Gasteiger partial charge in [-0.2, -0.15) is 0 Å². The fourth-order valence-corrected chi connectivity index (χ4v) is 2.35. The summed E-state index contributed by atoms with van der Waals surface area (Å²) in [5.41, 5.74) is -0.239. The number of carbonyl (C=O) groups is 2. The molecule has 0 aliphatic carbocycles. The van der Waals surface area contributed by atoms with Crippen molar-refractivity contribution in [3.8, 4) is 0 Å². The number of amides is 1. The predicted molar refractivity (Wildman–Crippen MR) is 98.8 cm³/mol. The van der Waals surface area contributed by atoms with Crippen LogP contribution in [0.4, 0.5) is 10.5 Å². The molecule has 0 aliphatic rings. The zero-order chi connectivity index (χ0) is 19.9. The van der Waals surface area contributed by atoms with Crippen LogP contribution in [0.5, 0.6) is 0 Å². The van der Waals surface area contributed by atoms with Crippen molar-refractivity contribution in [2.45, 2.75) is 39.3 Å². The van der Waals surface area contributed by atoms with Crippen molar-refractivity contribution in [1.29, 1.82) is 0 Å². The lowest BCUT2D eigenvalue weighted by Crippen LogP contribution is -2.37. The quantitative estimate of drug-likeness (QED) is 0.397. The molecular weight excluding hydrogens is 408 g/mol. The Morgan fingerprint density at radius 1 is 1.38 bits per heavy atom. The van der Waals surface area contributed by atoms with E-state index in [-0.39, 0.29) is 18.8 Å². The monoisotopic (exact) mass is 428 g/mol. The maximum absolute atomic E-state index is 12.4. The van der Waals surface area contributed by atoms with Gasteiger partial charge in [0.05, 0.1) is 11.5 Å². The van der Waals surface area contributed by atoms with Crippen molar-refractivity contribution in [2.24, 2.45) is 0 Å². The second-order valence-corrected chi connectivity index (χ2v) is 7.32. The third-order valence-corrected chi connectivity index (χ3v) is 3.85. The summed E-state index contributed by atoms with van der Waals surface area (Å²) < 4.78 is 5.99. The number of non-ortho nitro benzene ring substituents is 1. The van der Waals surface area contributed by atoms with Crippen molar-refractivity contribution in [3.63, 3.8) is 0 Å². The number of nitro groups is 1. The first-order chi connectivity index (χ1) is 12.0. The number of halogens is 1. The van der Waals surface area contributed by atoms with Crippen molar-refractivity contribution in [1.82, 2.24) is 4.90 Å². The van der Waals surface area contributed by atoms with Gasteiger partial charge >= 0.3 is 12.1 Å². The third kappa shape index (κ3) is 7.64. The zero-order valence-corrected chi connectivity index (χ0v) is 16.4. The van der Waals surface area contributed by atoms with Crippen molar-refractivity contribution >= 4 is 33.7 Å². The van der Waals surface area contributed by atoms with Gasteiger partial charge in [-0.15, -0.1) is 0 Å². The van der Waals surface area contributed by atoms with Gasteiger partial charge < -0.3 is 14.7 Å². The van der Waals surface area contributed by atoms with Crippen molar-refractivity contribution in [2.75, 3.05) is 6.54 Å². The van der Waals surface area contributed by atoms with Crippen LogP contribution in [-0.2, 0) is 16.1 Å². The van der Waals surface area contributed by atoms with E-state index in [9.17, 15) is 19.7 Å². The van der Waals surface area contributed by atoms with Gasteiger partial charge in [0.15, 0.2) is 0 Å². The predicted octanol–water partition coefficient (Wildman–Crippen LogP) is 4.13. The largest absolute Gasteiger partial charge is 0.478 e. The molecule has 1 rings (SSSR count). The van der Waals surface area contributed by atoms with Gasteiger partial charge in [0.25, 0.3) is 5.69 Å². The molecule has 0 radical (unpaired) electrons. The number of hydrogen-bond donors (Lipinski definition) is 1. The fourth-order valence-electron chi connectivity index (χ4n) is 1.98. The van der Waals surface area contributed by atoms with Crippen molar-refractivity contribution < 1.29 is 24.4 Å². The maximum Gasteiger partial charge on any atom is 0.410 e. The molecule has 1 amide bonds. The number of carboxylic acid groups (broad SMARTS) is 1. The molecule has 9 heteroatoms. The highest BCUT2D eigenvalue weighted by molar-refractivity contribution is 9.10. The Morgan fingerprint density at radius 2 is 2.04 bits per heavy atom. The Hall–Kier alpha value is -2.42. The van der Waals surface area contributed by atoms with Crippen LogP contribution in [0, 0.1) is 10.1 Å². The number of ether oxygens (including phenoxy) is 1. The first kappa shape index (κ1) is 21.6. The average molecular weight is 429 g/mol. The zero-order valence-electron chi connectivity index (χ0n) is 14.8. The van der Waals surface area contributed by atoms with Gasteiger partial charge in [0.1, 0.15) is 5.60 Å². The molecule has 0 heterocycles. The Morgan fingerprint density at radius 3 is 2.58 bits per heavy atom. The summed E-state index contributed by atoms with van der Waals surface area (Å²) in [7, 11) is 0. The lowest BCUT2D eigenvalue weighted by atomic mass is 10.2. The number of aliphatic carboxylic acids is 1. The van der Waals surface area contributed by atoms with Gasteiger partial charge in [0.2, 0.25) is 0 Å². The van der Waals surface area contributed by atoms with Gasteiger partial charge in [0, 0.05) is 29.2 Å². The number of nitrogens with zero attached hydrogens (tertiary/aromatic N) is 2. The molecule has 26 heavy (non-hydrogen) atoms. The number of carbonyl (C=O) groups excluding carboxylic acids is 1. The minimum atomic E-state index is -1.07. The number of nitro benzene ring substituents is 1. The molecule has 1 aromatic rings. The minimum absolute atomic E-state index is 0.0814. The molecule has 0 aromatic heterocycles. The van der Waals surface area contributed by atoms with E-state index >= 15 is 0 Å². The molecule has 0 saturated carbocycles. The van der Waals surface area contributed by atoms with E-state index in [1.807, 2.05) is 0 Å². The van der Waals surface area contributed by atoms with Gasteiger partial charge in [-0.25, -0.2) is 9.59 Å². The molecule has 0 aliphatic heterocycles. The van der Waals surface area contributed by atoms with E-state index in [0.717, 1.165) is 6.08 Å². The Labute approximate surface area is 159 Å². The Kier molecular flexibility index (Phi) is 7.76. The van der Waals surface area contributed by atoms with Crippen LogP contribution >= 0.6 is 15.9 Å². The maximum atomic E-state index is 12.4. The minimum Gasteiger partial charge on any atom is -0.478 e. The van der Waals surface area contributed by atoms with Crippen molar-refractivity contribution in [3.05, 3.63) is 50.5 Å². The Balaban J connectivity index is 3.00. The highest BCUT2D eigenvalue weighted by atomic mass is 79.9. The molecular formula is C17H21BrN2O6. The molecule has 8 nitrogen and oxygen atoms in total. The fraction of sp³-hybridized carbons (Fsp3) is 0.412. The summed E-state index contributed by atoms with van der Waals surface area (Å²) in [5, 5.41) is 19.6. The third-order valence-electron chi connectivity index (χ3n) is 3.08. The molecule has 0 atom stereocenters. The number of rotatable bonds is 7. The van der Waals surface area contributed by atoms with E-state index in [0.29, 0.717) is 16.5 Å². The van der Waals surface area contributed by atoms with E-state index in [4.69, 9.17) is 9.84 Å². The first-order valence-electron chi connectivity index (χ1n) is 7.80. The average Bonchev–Trinajstić information content (AvgIpc) is 2.49. The smallest absolute Gasteiger partial charge is 0.410 e. The van der Waals surface area contributed by atoms with E-state index in [1.165, 1.54) is 23.1 Å². The van der Waals surface area contributed by atoms with Crippen LogP contribution in [0.25, 0.3) is 0 Å².